The van der Waals surface area contributed by atoms with E-state index in [2.05, 4.69) is 5.32 Å². The number of amides is 2. The number of nitrogens with one attached hydrogen (secondary N) is 1. The molecule has 0 aliphatic carbocycles. The fourth-order valence-corrected chi connectivity index (χ4v) is 4.62. The molecule has 0 radical (unpaired) electrons. The van der Waals surface area contributed by atoms with E-state index in [4.69, 9.17) is 11.6 Å². The average Bonchev–Trinajstić information content (AvgIpc) is 2.77. The molecule has 0 spiro atoms. The molecule has 1 N–H and O–H groups in total. The Labute approximate surface area is 208 Å². The van der Waals surface area contributed by atoms with Gasteiger partial charge in [0.25, 0.3) is 0 Å². The molecule has 1 atom stereocenters. The van der Waals surface area contributed by atoms with E-state index in [1.165, 1.54) is 4.90 Å². The maximum atomic E-state index is 13.6. The topological polar surface area (TPSA) is 86.8 Å². The summed E-state index contributed by atoms with van der Waals surface area (Å²) in [5, 5.41) is 3.27. The van der Waals surface area contributed by atoms with Crippen molar-refractivity contribution in [3.63, 3.8) is 0 Å². The molecule has 0 aliphatic heterocycles. The number of sulfonamides is 1. The number of carbonyl (C=O) groups is 2. The molecule has 2 amide bonds. The summed E-state index contributed by atoms with van der Waals surface area (Å²) in [4.78, 5) is 27.8. The zero-order valence-electron chi connectivity index (χ0n) is 20.5. The summed E-state index contributed by atoms with van der Waals surface area (Å²) in [5.74, 6) is -0.758. The summed E-state index contributed by atoms with van der Waals surface area (Å²) in [6, 6.07) is 11.7. The number of rotatable bonds is 11. The van der Waals surface area contributed by atoms with Crippen LogP contribution in [-0.2, 0) is 26.2 Å². The lowest BCUT2D eigenvalue weighted by Gasteiger charge is -2.32. The van der Waals surface area contributed by atoms with E-state index in [1.54, 1.807) is 32.0 Å². The molecule has 2 rings (SSSR count). The lowest BCUT2D eigenvalue weighted by atomic mass is 10.1. The standard InChI is InChI=1S/C25H34ClN3O4S/c1-6-7-15-27-25(31)20(4)28(16-21-12-9-8-11-18(21)2)24(30)17-29(34(5,32)33)23-14-10-13-22(26)19(23)3/h8-14,20H,6-7,15-17H2,1-5H3,(H,27,31). The SMILES string of the molecule is CCCCNC(=O)C(C)N(Cc1ccccc1C)C(=O)CN(c1cccc(Cl)c1C)S(C)(=O)=O. The Morgan fingerprint density at radius 2 is 1.76 bits per heavy atom. The monoisotopic (exact) mass is 507 g/mol. The minimum absolute atomic E-state index is 0.181. The Morgan fingerprint density at radius 1 is 1.09 bits per heavy atom. The third kappa shape index (κ3) is 7.21. The van der Waals surface area contributed by atoms with Gasteiger partial charge < -0.3 is 10.2 Å². The molecule has 0 aromatic heterocycles. The van der Waals surface area contributed by atoms with Gasteiger partial charge in [-0.15, -0.1) is 0 Å². The summed E-state index contributed by atoms with van der Waals surface area (Å²) in [5.41, 5.74) is 2.75. The number of unbranched alkanes of at least 4 members (excludes halogenated alkanes) is 1. The van der Waals surface area contributed by atoms with Gasteiger partial charge in [0, 0.05) is 18.1 Å². The molecule has 0 saturated heterocycles. The van der Waals surface area contributed by atoms with E-state index in [0.717, 1.165) is 34.5 Å². The molecule has 0 bridgehead atoms. The van der Waals surface area contributed by atoms with Crippen LogP contribution < -0.4 is 9.62 Å². The number of halogens is 1. The van der Waals surface area contributed by atoms with E-state index in [9.17, 15) is 18.0 Å². The van der Waals surface area contributed by atoms with Crippen molar-refractivity contribution in [2.75, 3.05) is 23.7 Å². The minimum Gasteiger partial charge on any atom is -0.354 e. The van der Waals surface area contributed by atoms with Gasteiger partial charge in [-0.1, -0.05) is 55.3 Å². The van der Waals surface area contributed by atoms with Crippen LogP contribution in [0.25, 0.3) is 0 Å². The predicted molar refractivity (Wildman–Crippen MR) is 137 cm³/mol. The Kier molecular flexibility index (Phi) is 9.94. The average molecular weight is 508 g/mol. The van der Waals surface area contributed by atoms with Crippen molar-refractivity contribution in [1.29, 1.82) is 0 Å². The van der Waals surface area contributed by atoms with Crippen LogP contribution in [0.5, 0.6) is 0 Å². The maximum absolute atomic E-state index is 13.6. The number of hydrogen-bond donors (Lipinski definition) is 1. The van der Waals surface area contributed by atoms with Crippen LogP contribution in [0.1, 0.15) is 43.4 Å². The molecule has 34 heavy (non-hydrogen) atoms. The van der Waals surface area contributed by atoms with Gasteiger partial charge in [0.1, 0.15) is 12.6 Å². The molecule has 7 nitrogen and oxygen atoms in total. The maximum Gasteiger partial charge on any atom is 0.244 e. The first-order valence-electron chi connectivity index (χ1n) is 11.3. The van der Waals surface area contributed by atoms with Crippen LogP contribution in [0.4, 0.5) is 5.69 Å². The summed E-state index contributed by atoms with van der Waals surface area (Å²) in [6.45, 7) is 7.58. The van der Waals surface area contributed by atoms with Crippen LogP contribution in [0.15, 0.2) is 42.5 Å². The van der Waals surface area contributed by atoms with E-state index in [1.807, 2.05) is 38.1 Å². The highest BCUT2D eigenvalue weighted by molar-refractivity contribution is 7.92. The van der Waals surface area contributed by atoms with Gasteiger partial charge in [-0.05, 0) is 56.0 Å². The normalized spacial score (nSPS) is 12.2. The number of aryl methyl sites for hydroxylation is 1. The van der Waals surface area contributed by atoms with Crippen molar-refractivity contribution in [2.24, 2.45) is 0 Å². The van der Waals surface area contributed by atoms with Crippen LogP contribution >= 0.6 is 11.6 Å². The molecule has 2 aromatic carbocycles. The van der Waals surface area contributed by atoms with Crippen molar-refractivity contribution in [1.82, 2.24) is 10.2 Å². The fraction of sp³-hybridized carbons (Fsp3) is 0.440. The Hall–Kier alpha value is -2.58. The zero-order chi connectivity index (χ0) is 25.5. The smallest absolute Gasteiger partial charge is 0.244 e. The molecule has 0 saturated carbocycles. The van der Waals surface area contributed by atoms with Crippen molar-refractivity contribution >= 4 is 39.1 Å². The summed E-state index contributed by atoms with van der Waals surface area (Å²) < 4.78 is 26.4. The first-order chi connectivity index (χ1) is 16.0. The van der Waals surface area contributed by atoms with E-state index in [-0.39, 0.29) is 12.5 Å². The molecule has 0 heterocycles. The lowest BCUT2D eigenvalue weighted by Crippen LogP contribution is -2.51. The predicted octanol–water partition coefficient (Wildman–Crippen LogP) is 4.06. The first kappa shape index (κ1) is 27.7. The number of carbonyl (C=O) groups excluding carboxylic acids is 2. The number of anilines is 1. The molecule has 9 heteroatoms. The molecule has 0 aliphatic rings. The van der Waals surface area contributed by atoms with Crippen LogP contribution in [0, 0.1) is 13.8 Å². The molecular formula is C25H34ClN3O4S. The number of nitrogens with zero attached hydrogens (tertiary/aromatic N) is 2. The number of benzene rings is 2. The molecular weight excluding hydrogens is 474 g/mol. The van der Waals surface area contributed by atoms with Gasteiger partial charge >= 0.3 is 0 Å². The fourth-order valence-electron chi connectivity index (χ4n) is 3.55. The van der Waals surface area contributed by atoms with Crippen molar-refractivity contribution in [3.8, 4) is 0 Å². The first-order valence-corrected chi connectivity index (χ1v) is 13.5. The highest BCUT2D eigenvalue weighted by Gasteiger charge is 2.30. The second kappa shape index (κ2) is 12.2. The Morgan fingerprint density at radius 3 is 2.38 bits per heavy atom. The Bertz CT molecular complexity index is 1120. The van der Waals surface area contributed by atoms with Gasteiger partial charge in [0.15, 0.2) is 0 Å². The lowest BCUT2D eigenvalue weighted by molar-refractivity contribution is -0.139. The summed E-state index contributed by atoms with van der Waals surface area (Å²) >= 11 is 6.21. The molecule has 2 aromatic rings. The summed E-state index contributed by atoms with van der Waals surface area (Å²) in [6.07, 6.45) is 2.82. The third-order valence-electron chi connectivity index (χ3n) is 5.79. The van der Waals surface area contributed by atoms with Crippen LogP contribution in [0.2, 0.25) is 5.02 Å². The van der Waals surface area contributed by atoms with Gasteiger partial charge in [-0.2, -0.15) is 0 Å². The van der Waals surface area contributed by atoms with Gasteiger partial charge in [0.05, 0.1) is 11.9 Å². The van der Waals surface area contributed by atoms with Crippen molar-refractivity contribution in [3.05, 3.63) is 64.2 Å². The molecule has 0 fully saturated rings. The molecule has 1 unspecified atom stereocenters. The van der Waals surface area contributed by atoms with Gasteiger partial charge in [0.2, 0.25) is 21.8 Å². The minimum atomic E-state index is -3.80. The third-order valence-corrected chi connectivity index (χ3v) is 7.32. The second-order valence-corrected chi connectivity index (χ2v) is 10.7. The van der Waals surface area contributed by atoms with Gasteiger partial charge in [-0.25, -0.2) is 8.42 Å². The highest BCUT2D eigenvalue weighted by atomic mass is 35.5. The Balaban J connectivity index is 2.41. The van der Waals surface area contributed by atoms with Crippen LogP contribution in [-0.4, -0.2) is 50.5 Å². The summed E-state index contributed by atoms with van der Waals surface area (Å²) in [7, 11) is -3.80. The second-order valence-electron chi connectivity index (χ2n) is 8.42. The number of hydrogen-bond acceptors (Lipinski definition) is 4. The molecule has 186 valence electrons. The highest BCUT2D eigenvalue weighted by Crippen LogP contribution is 2.28. The van der Waals surface area contributed by atoms with E-state index < -0.39 is 28.5 Å². The quantitative estimate of drug-likeness (QED) is 0.465. The zero-order valence-corrected chi connectivity index (χ0v) is 22.0. The van der Waals surface area contributed by atoms with Crippen molar-refractivity contribution < 1.29 is 18.0 Å². The largest absolute Gasteiger partial charge is 0.354 e. The van der Waals surface area contributed by atoms with E-state index in [0.29, 0.717) is 22.8 Å². The van der Waals surface area contributed by atoms with Crippen LogP contribution in [0.3, 0.4) is 0 Å². The van der Waals surface area contributed by atoms with Crippen molar-refractivity contribution in [2.45, 2.75) is 53.1 Å². The van der Waals surface area contributed by atoms with E-state index >= 15 is 0 Å². The van der Waals surface area contributed by atoms with Gasteiger partial charge in [-0.3, -0.25) is 13.9 Å².